The minimum Gasteiger partial charge on any atom is -0.394 e. The van der Waals surface area contributed by atoms with E-state index in [0.29, 0.717) is 5.56 Å². The van der Waals surface area contributed by atoms with E-state index in [4.69, 9.17) is 11.6 Å². The number of benzene rings is 2. The number of hydrogen-bond donors (Lipinski definition) is 2. The van der Waals surface area contributed by atoms with Gasteiger partial charge in [-0.2, -0.15) is 0 Å². The molecular weight excluding hydrogens is 303 g/mol. The van der Waals surface area contributed by atoms with Crippen LogP contribution in [-0.2, 0) is 6.54 Å². The number of rotatable bonds is 5. The maximum absolute atomic E-state index is 13.5. The molecule has 2 nitrogen and oxygen atoms in total. The summed E-state index contributed by atoms with van der Waals surface area (Å²) in [5.41, 5.74) is 0.742. The van der Waals surface area contributed by atoms with Gasteiger partial charge in [0.1, 0.15) is 17.5 Å². The zero-order chi connectivity index (χ0) is 15.4. The molecule has 0 amide bonds. The van der Waals surface area contributed by atoms with Gasteiger partial charge in [-0.3, -0.25) is 0 Å². The summed E-state index contributed by atoms with van der Waals surface area (Å²) in [5, 5.41) is 12.2. The number of aliphatic hydroxyl groups excluding tert-OH is 1. The Morgan fingerprint density at radius 3 is 2.43 bits per heavy atom. The van der Waals surface area contributed by atoms with E-state index in [1.54, 1.807) is 6.07 Å². The molecular formula is C15H13ClF3NO. The van der Waals surface area contributed by atoms with Crippen LogP contribution in [0.25, 0.3) is 0 Å². The quantitative estimate of drug-likeness (QED) is 0.884. The highest BCUT2D eigenvalue weighted by Gasteiger charge is 2.13. The lowest BCUT2D eigenvalue weighted by Gasteiger charge is -2.17. The summed E-state index contributed by atoms with van der Waals surface area (Å²) < 4.78 is 39.7. The van der Waals surface area contributed by atoms with E-state index in [-0.39, 0.29) is 23.7 Å². The third-order valence-electron chi connectivity index (χ3n) is 3.08. The van der Waals surface area contributed by atoms with Crippen molar-refractivity contribution in [2.45, 2.75) is 12.6 Å². The number of hydrogen-bond acceptors (Lipinski definition) is 2. The van der Waals surface area contributed by atoms with Crippen LogP contribution in [0.5, 0.6) is 0 Å². The summed E-state index contributed by atoms with van der Waals surface area (Å²) in [6, 6.07) is 6.82. The number of nitrogens with one attached hydrogen (secondary N) is 1. The second kappa shape index (κ2) is 6.93. The average molecular weight is 316 g/mol. The van der Waals surface area contributed by atoms with Crippen LogP contribution in [-0.4, -0.2) is 11.7 Å². The van der Waals surface area contributed by atoms with Gasteiger partial charge in [0.2, 0.25) is 0 Å². The summed E-state index contributed by atoms with van der Waals surface area (Å²) >= 11 is 5.59. The monoisotopic (exact) mass is 315 g/mol. The van der Waals surface area contributed by atoms with E-state index < -0.39 is 23.5 Å². The van der Waals surface area contributed by atoms with E-state index in [1.165, 1.54) is 18.2 Å². The first kappa shape index (κ1) is 15.8. The fourth-order valence-corrected chi connectivity index (χ4v) is 2.03. The fraction of sp³-hybridized carbons (Fsp3) is 0.200. The molecule has 0 aromatic heterocycles. The summed E-state index contributed by atoms with van der Waals surface area (Å²) in [5.74, 6) is -1.93. The van der Waals surface area contributed by atoms with Crippen LogP contribution in [0.1, 0.15) is 17.2 Å². The Morgan fingerprint density at radius 2 is 1.81 bits per heavy atom. The Kier molecular flexibility index (Phi) is 5.22. The lowest BCUT2D eigenvalue weighted by molar-refractivity contribution is 0.243. The highest BCUT2D eigenvalue weighted by molar-refractivity contribution is 6.30. The second-order valence-corrected chi connectivity index (χ2v) is 4.93. The molecule has 0 aliphatic carbocycles. The second-order valence-electron chi connectivity index (χ2n) is 4.53. The molecule has 0 radical (unpaired) electrons. The highest BCUT2D eigenvalue weighted by atomic mass is 35.5. The molecule has 0 saturated heterocycles. The predicted octanol–water partition coefficient (Wildman–Crippen LogP) is 3.58. The van der Waals surface area contributed by atoms with Crippen LogP contribution in [0.3, 0.4) is 0 Å². The maximum atomic E-state index is 13.5. The molecule has 0 aliphatic heterocycles. The van der Waals surface area contributed by atoms with Crippen molar-refractivity contribution in [3.05, 3.63) is 70.0 Å². The van der Waals surface area contributed by atoms with E-state index in [2.05, 4.69) is 5.32 Å². The molecule has 0 heterocycles. The first-order valence-corrected chi connectivity index (χ1v) is 6.62. The Bertz CT molecular complexity index is 636. The molecule has 0 aliphatic rings. The molecule has 2 N–H and O–H groups in total. The van der Waals surface area contributed by atoms with Crippen LogP contribution in [0.2, 0.25) is 5.02 Å². The van der Waals surface area contributed by atoms with Crippen LogP contribution in [0, 0.1) is 17.5 Å². The Morgan fingerprint density at radius 1 is 1.05 bits per heavy atom. The summed E-state index contributed by atoms with van der Waals surface area (Å²) in [6.07, 6.45) is 0. The van der Waals surface area contributed by atoms with E-state index in [1.807, 2.05) is 0 Å². The van der Waals surface area contributed by atoms with Gasteiger partial charge >= 0.3 is 0 Å². The fourth-order valence-electron chi connectivity index (χ4n) is 1.92. The third kappa shape index (κ3) is 3.97. The SMILES string of the molecule is OCC(NCc1ccc(F)cc1F)c1ccc(Cl)c(F)c1. The van der Waals surface area contributed by atoms with E-state index >= 15 is 0 Å². The lowest BCUT2D eigenvalue weighted by Crippen LogP contribution is -2.24. The number of aliphatic hydroxyl groups is 1. The van der Waals surface area contributed by atoms with Crippen LogP contribution in [0.4, 0.5) is 13.2 Å². The van der Waals surface area contributed by atoms with Gasteiger partial charge in [-0.15, -0.1) is 0 Å². The molecule has 0 bridgehead atoms. The lowest BCUT2D eigenvalue weighted by atomic mass is 10.1. The van der Waals surface area contributed by atoms with Crippen molar-refractivity contribution in [1.29, 1.82) is 0 Å². The predicted molar refractivity (Wildman–Crippen MR) is 74.4 cm³/mol. The van der Waals surface area contributed by atoms with Crippen molar-refractivity contribution in [2.75, 3.05) is 6.61 Å². The van der Waals surface area contributed by atoms with Crippen molar-refractivity contribution in [1.82, 2.24) is 5.32 Å². The molecule has 21 heavy (non-hydrogen) atoms. The first-order valence-electron chi connectivity index (χ1n) is 6.24. The number of halogens is 4. The Hall–Kier alpha value is -1.56. The van der Waals surface area contributed by atoms with Crippen LogP contribution in [0.15, 0.2) is 36.4 Å². The smallest absolute Gasteiger partial charge is 0.142 e. The Balaban J connectivity index is 2.10. The standard InChI is InChI=1S/C15H13ClF3NO/c16-12-4-2-9(5-14(12)19)15(8-21)20-7-10-1-3-11(17)6-13(10)18/h1-6,15,20-21H,7-8H2. The topological polar surface area (TPSA) is 32.3 Å². The van der Waals surface area contributed by atoms with Crippen molar-refractivity contribution in [3.8, 4) is 0 Å². The third-order valence-corrected chi connectivity index (χ3v) is 3.39. The van der Waals surface area contributed by atoms with Crippen molar-refractivity contribution in [2.24, 2.45) is 0 Å². The largest absolute Gasteiger partial charge is 0.394 e. The van der Waals surface area contributed by atoms with Gasteiger partial charge in [-0.05, 0) is 23.8 Å². The summed E-state index contributed by atoms with van der Waals surface area (Å²) in [4.78, 5) is 0. The van der Waals surface area contributed by atoms with Crippen LogP contribution >= 0.6 is 11.6 Å². The molecule has 2 aromatic rings. The summed E-state index contributed by atoms with van der Waals surface area (Å²) in [7, 11) is 0. The Labute approximate surface area is 125 Å². The highest BCUT2D eigenvalue weighted by Crippen LogP contribution is 2.21. The van der Waals surface area contributed by atoms with Gasteiger partial charge in [0, 0.05) is 18.2 Å². The average Bonchev–Trinajstić information content (AvgIpc) is 2.45. The maximum Gasteiger partial charge on any atom is 0.142 e. The van der Waals surface area contributed by atoms with Gasteiger partial charge < -0.3 is 10.4 Å². The van der Waals surface area contributed by atoms with Crippen molar-refractivity contribution in [3.63, 3.8) is 0 Å². The zero-order valence-electron chi connectivity index (χ0n) is 10.9. The van der Waals surface area contributed by atoms with Crippen LogP contribution < -0.4 is 5.32 Å². The summed E-state index contributed by atoms with van der Waals surface area (Å²) in [6.45, 7) is -0.231. The van der Waals surface area contributed by atoms with Gasteiger partial charge in [0.05, 0.1) is 17.7 Å². The van der Waals surface area contributed by atoms with Gasteiger partial charge in [0.15, 0.2) is 0 Å². The normalized spacial score (nSPS) is 12.4. The molecule has 6 heteroatoms. The van der Waals surface area contributed by atoms with E-state index in [0.717, 1.165) is 12.1 Å². The van der Waals surface area contributed by atoms with Crippen molar-refractivity contribution >= 4 is 11.6 Å². The molecule has 2 rings (SSSR count). The molecule has 0 fully saturated rings. The zero-order valence-corrected chi connectivity index (χ0v) is 11.7. The van der Waals surface area contributed by atoms with Gasteiger partial charge in [-0.1, -0.05) is 23.7 Å². The molecule has 2 aromatic carbocycles. The minimum atomic E-state index is -0.679. The molecule has 1 atom stereocenters. The van der Waals surface area contributed by atoms with Gasteiger partial charge in [0.25, 0.3) is 0 Å². The van der Waals surface area contributed by atoms with E-state index in [9.17, 15) is 18.3 Å². The molecule has 112 valence electrons. The first-order chi connectivity index (χ1) is 10.0. The minimum absolute atomic E-state index is 0.0139. The van der Waals surface area contributed by atoms with Crippen molar-refractivity contribution < 1.29 is 18.3 Å². The molecule has 0 spiro atoms. The van der Waals surface area contributed by atoms with Gasteiger partial charge in [-0.25, -0.2) is 13.2 Å². The molecule has 1 unspecified atom stereocenters. The molecule has 0 saturated carbocycles.